The van der Waals surface area contributed by atoms with Crippen molar-refractivity contribution in [3.05, 3.63) is 78.0 Å². The molecule has 0 saturated heterocycles. The molecule has 146 valence electrons. The summed E-state index contributed by atoms with van der Waals surface area (Å²) in [7, 11) is -2.18. The minimum Gasteiger partial charge on any atom is -0.497 e. The quantitative estimate of drug-likeness (QED) is 0.603. The highest BCUT2D eigenvalue weighted by Gasteiger charge is 2.18. The number of aromatic nitrogens is 1. The Morgan fingerprint density at radius 2 is 1.82 bits per heavy atom. The largest absolute Gasteiger partial charge is 0.497 e. The van der Waals surface area contributed by atoms with E-state index in [4.69, 9.17) is 4.74 Å². The maximum atomic E-state index is 12.6. The average Bonchev–Trinajstić information content (AvgIpc) is 2.69. The Morgan fingerprint density at radius 1 is 1.04 bits per heavy atom. The van der Waals surface area contributed by atoms with E-state index in [1.807, 2.05) is 18.2 Å². The third-order valence-electron chi connectivity index (χ3n) is 4.26. The SMILES string of the molecule is COc1ccc(S(=O)(=O)Nc2ccc(NCCc3ccccc3)cn2)c(C)c1. The summed E-state index contributed by atoms with van der Waals surface area (Å²) in [5, 5.41) is 3.28. The maximum absolute atomic E-state index is 12.6. The standard InChI is InChI=1S/C21H23N3O3S/c1-16-14-19(27-2)9-10-20(16)28(25,26)24-21-11-8-18(15-23-21)22-13-12-17-6-4-3-5-7-17/h3-11,14-15,22H,12-13H2,1-2H3,(H,23,24). The van der Waals surface area contributed by atoms with Crippen LogP contribution in [0, 0.1) is 6.92 Å². The van der Waals surface area contributed by atoms with Crippen LogP contribution < -0.4 is 14.8 Å². The van der Waals surface area contributed by atoms with E-state index in [9.17, 15) is 8.42 Å². The van der Waals surface area contributed by atoms with E-state index < -0.39 is 10.0 Å². The van der Waals surface area contributed by atoms with Crippen LogP contribution in [0.3, 0.4) is 0 Å². The number of sulfonamides is 1. The number of pyridine rings is 1. The topological polar surface area (TPSA) is 80.3 Å². The third-order valence-corrected chi connectivity index (χ3v) is 5.77. The van der Waals surface area contributed by atoms with Gasteiger partial charge in [-0.15, -0.1) is 0 Å². The van der Waals surface area contributed by atoms with Crippen molar-refractivity contribution >= 4 is 21.5 Å². The second kappa shape index (κ2) is 8.75. The molecule has 6 nitrogen and oxygen atoms in total. The molecule has 7 heteroatoms. The molecule has 0 aliphatic heterocycles. The Balaban J connectivity index is 1.61. The first-order valence-corrected chi connectivity index (χ1v) is 10.4. The average molecular weight is 398 g/mol. The predicted octanol–water partition coefficient (Wildman–Crippen LogP) is 3.85. The Kier molecular flexibility index (Phi) is 6.16. The Labute approximate surface area is 165 Å². The number of nitrogens with zero attached hydrogens (tertiary/aromatic N) is 1. The van der Waals surface area contributed by atoms with E-state index >= 15 is 0 Å². The lowest BCUT2D eigenvalue weighted by Gasteiger charge is -2.12. The molecule has 0 radical (unpaired) electrons. The van der Waals surface area contributed by atoms with Gasteiger partial charge in [-0.3, -0.25) is 4.72 Å². The van der Waals surface area contributed by atoms with Crippen LogP contribution in [0.4, 0.5) is 11.5 Å². The molecule has 0 amide bonds. The van der Waals surface area contributed by atoms with Gasteiger partial charge in [0.15, 0.2) is 0 Å². The van der Waals surface area contributed by atoms with Crippen LogP contribution in [0.2, 0.25) is 0 Å². The van der Waals surface area contributed by atoms with Gasteiger partial charge in [-0.25, -0.2) is 13.4 Å². The van der Waals surface area contributed by atoms with Gasteiger partial charge in [-0.05, 0) is 54.8 Å². The third kappa shape index (κ3) is 5.01. The zero-order valence-corrected chi connectivity index (χ0v) is 16.7. The number of ether oxygens (including phenoxy) is 1. The molecular formula is C21H23N3O3S. The summed E-state index contributed by atoms with van der Waals surface area (Å²) in [6, 6.07) is 18.5. The Hall–Kier alpha value is -3.06. The van der Waals surface area contributed by atoms with Gasteiger partial charge in [0.25, 0.3) is 10.0 Å². The van der Waals surface area contributed by atoms with E-state index in [0.717, 1.165) is 18.7 Å². The van der Waals surface area contributed by atoms with E-state index in [-0.39, 0.29) is 10.7 Å². The zero-order chi connectivity index (χ0) is 20.0. The number of anilines is 2. The van der Waals surface area contributed by atoms with Crippen LogP contribution in [0.5, 0.6) is 5.75 Å². The van der Waals surface area contributed by atoms with Crippen molar-refractivity contribution in [1.82, 2.24) is 4.98 Å². The van der Waals surface area contributed by atoms with Crippen LogP contribution in [0.1, 0.15) is 11.1 Å². The molecule has 1 heterocycles. The van der Waals surface area contributed by atoms with Gasteiger partial charge >= 0.3 is 0 Å². The lowest BCUT2D eigenvalue weighted by Crippen LogP contribution is -2.15. The summed E-state index contributed by atoms with van der Waals surface area (Å²) in [6.45, 7) is 2.49. The van der Waals surface area contributed by atoms with E-state index in [1.165, 1.54) is 11.6 Å². The smallest absolute Gasteiger partial charge is 0.263 e. The van der Waals surface area contributed by atoms with Crippen molar-refractivity contribution in [3.63, 3.8) is 0 Å². The number of benzene rings is 2. The molecule has 0 aliphatic rings. The summed E-state index contributed by atoms with van der Waals surface area (Å²) in [6.07, 6.45) is 2.51. The van der Waals surface area contributed by atoms with Crippen LogP contribution in [-0.2, 0) is 16.4 Å². The molecule has 2 N–H and O–H groups in total. The highest BCUT2D eigenvalue weighted by Crippen LogP contribution is 2.23. The van der Waals surface area contributed by atoms with Crippen molar-refractivity contribution in [2.45, 2.75) is 18.2 Å². The number of hydrogen-bond acceptors (Lipinski definition) is 5. The summed E-state index contributed by atoms with van der Waals surface area (Å²) in [4.78, 5) is 4.40. The van der Waals surface area contributed by atoms with Gasteiger partial charge in [0.05, 0.1) is 23.9 Å². The first-order chi connectivity index (χ1) is 13.5. The highest BCUT2D eigenvalue weighted by atomic mass is 32.2. The lowest BCUT2D eigenvalue weighted by atomic mass is 10.1. The number of hydrogen-bond donors (Lipinski definition) is 2. The first kappa shape index (κ1) is 19.7. The van der Waals surface area contributed by atoms with Gasteiger partial charge in [0, 0.05) is 6.54 Å². The van der Waals surface area contributed by atoms with E-state index in [1.54, 1.807) is 44.5 Å². The molecule has 0 bridgehead atoms. The zero-order valence-electron chi connectivity index (χ0n) is 15.8. The van der Waals surface area contributed by atoms with Crippen LogP contribution in [-0.4, -0.2) is 27.1 Å². The molecule has 2 aromatic carbocycles. The minimum absolute atomic E-state index is 0.195. The molecule has 1 aromatic heterocycles. The van der Waals surface area contributed by atoms with Gasteiger partial charge in [0.2, 0.25) is 0 Å². The van der Waals surface area contributed by atoms with Gasteiger partial charge in [-0.1, -0.05) is 30.3 Å². The number of rotatable bonds is 8. The number of nitrogens with one attached hydrogen (secondary N) is 2. The summed E-state index contributed by atoms with van der Waals surface area (Å²) >= 11 is 0. The van der Waals surface area contributed by atoms with Crippen molar-refractivity contribution in [2.75, 3.05) is 23.7 Å². The summed E-state index contributed by atoms with van der Waals surface area (Å²) in [5.74, 6) is 0.879. The van der Waals surface area contributed by atoms with Crippen molar-refractivity contribution in [1.29, 1.82) is 0 Å². The monoisotopic (exact) mass is 397 g/mol. The second-order valence-corrected chi connectivity index (χ2v) is 7.98. The molecule has 0 fully saturated rings. The lowest BCUT2D eigenvalue weighted by molar-refractivity contribution is 0.414. The molecule has 0 spiro atoms. The van der Waals surface area contributed by atoms with Crippen LogP contribution in [0.15, 0.2) is 71.8 Å². The summed E-state index contributed by atoms with van der Waals surface area (Å²) in [5.41, 5.74) is 2.69. The fourth-order valence-corrected chi connectivity index (χ4v) is 4.03. The Morgan fingerprint density at radius 3 is 2.46 bits per heavy atom. The van der Waals surface area contributed by atoms with Gasteiger partial charge in [-0.2, -0.15) is 0 Å². The number of methoxy groups -OCH3 is 1. The molecule has 0 atom stereocenters. The van der Waals surface area contributed by atoms with Crippen LogP contribution >= 0.6 is 0 Å². The first-order valence-electron chi connectivity index (χ1n) is 8.89. The van der Waals surface area contributed by atoms with Crippen LogP contribution in [0.25, 0.3) is 0 Å². The van der Waals surface area contributed by atoms with Crippen molar-refractivity contribution in [2.24, 2.45) is 0 Å². The minimum atomic E-state index is -3.72. The molecule has 0 unspecified atom stereocenters. The molecule has 0 aliphatic carbocycles. The van der Waals surface area contributed by atoms with Crippen molar-refractivity contribution in [3.8, 4) is 5.75 Å². The molecule has 0 saturated carbocycles. The highest BCUT2D eigenvalue weighted by molar-refractivity contribution is 7.92. The summed E-state index contributed by atoms with van der Waals surface area (Å²) < 4.78 is 32.9. The molecular weight excluding hydrogens is 374 g/mol. The molecule has 3 rings (SSSR count). The second-order valence-electron chi connectivity index (χ2n) is 6.33. The van der Waals surface area contributed by atoms with E-state index in [2.05, 4.69) is 27.2 Å². The predicted molar refractivity (Wildman–Crippen MR) is 111 cm³/mol. The normalized spacial score (nSPS) is 11.1. The maximum Gasteiger partial charge on any atom is 0.263 e. The Bertz CT molecular complexity index is 1020. The fraction of sp³-hybridized carbons (Fsp3) is 0.190. The van der Waals surface area contributed by atoms with Crippen molar-refractivity contribution < 1.29 is 13.2 Å². The fourth-order valence-electron chi connectivity index (χ4n) is 2.80. The molecule has 28 heavy (non-hydrogen) atoms. The number of aryl methyl sites for hydroxylation is 1. The van der Waals surface area contributed by atoms with Gasteiger partial charge in [0.1, 0.15) is 11.6 Å². The van der Waals surface area contributed by atoms with Gasteiger partial charge < -0.3 is 10.1 Å². The molecule has 3 aromatic rings. The van der Waals surface area contributed by atoms with E-state index in [0.29, 0.717) is 11.3 Å².